The summed E-state index contributed by atoms with van der Waals surface area (Å²) in [4.78, 5) is 10.1. The van der Waals surface area contributed by atoms with Gasteiger partial charge in [-0.05, 0) is 5.92 Å². The van der Waals surface area contributed by atoms with Gasteiger partial charge in [-0.1, -0.05) is 13.8 Å². The van der Waals surface area contributed by atoms with Crippen LogP contribution in [0.4, 0.5) is 11.6 Å². The largest absolute Gasteiger partial charge is 0.389 e. The lowest BCUT2D eigenvalue weighted by molar-refractivity contribution is 0.0694. The van der Waals surface area contributed by atoms with E-state index in [2.05, 4.69) is 9.97 Å². The summed E-state index contributed by atoms with van der Waals surface area (Å²) >= 11 is 0. The highest BCUT2D eigenvalue weighted by Gasteiger charge is 2.18. The molecule has 0 radical (unpaired) electrons. The highest BCUT2D eigenvalue weighted by molar-refractivity contribution is 5.57. The van der Waals surface area contributed by atoms with Crippen LogP contribution in [0.2, 0.25) is 0 Å². The van der Waals surface area contributed by atoms with Crippen molar-refractivity contribution < 1.29 is 9.84 Å². The van der Waals surface area contributed by atoms with Crippen LogP contribution in [0.25, 0.3) is 0 Å². The second-order valence-corrected chi connectivity index (χ2v) is 4.64. The molecule has 1 heterocycles. The van der Waals surface area contributed by atoms with Crippen LogP contribution in [-0.2, 0) is 4.74 Å². The number of hydrogen-bond donors (Lipinski definition) is 2. The van der Waals surface area contributed by atoms with Crippen molar-refractivity contribution in [2.75, 3.05) is 37.9 Å². The Kier molecular flexibility index (Phi) is 5.30. The van der Waals surface area contributed by atoms with Gasteiger partial charge in [0, 0.05) is 26.3 Å². The maximum Gasteiger partial charge on any atom is 0.137 e. The SMILES string of the molecule is COCC(O)CN(C)c1ncnc(N)c1C(C)C. The molecule has 0 saturated heterocycles. The number of methoxy groups -OCH3 is 1. The Morgan fingerprint density at radius 3 is 2.67 bits per heavy atom. The molecule has 6 nitrogen and oxygen atoms in total. The van der Waals surface area contributed by atoms with Crippen molar-refractivity contribution in [3.05, 3.63) is 11.9 Å². The van der Waals surface area contributed by atoms with Crippen LogP contribution < -0.4 is 10.6 Å². The van der Waals surface area contributed by atoms with Gasteiger partial charge in [0.1, 0.15) is 18.0 Å². The molecule has 0 spiro atoms. The van der Waals surface area contributed by atoms with Crippen molar-refractivity contribution in [3.63, 3.8) is 0 Å². The number of nitrogens with zero attached hydrogens (tertiary/aromatic N) is 3. The molecule has 0 aliphatic carbocycles. The number of aromatic nitrogens is 2. The Morgan fingerprint density at radius 1 is 1.44 bits per heavy atom. The molecule has 0 aliphatic rings. The van der Waals surface area contributed by atoms with Crippen LogP contribution in [0.5, 0.6) is 0 Å². The summed E-state index contributed by atoms with van der Waals surface area (Å²) in [5.74, 6) is 1.47. The number of hydrogen-bond acceptors (Lipinski definition) is 6. The highest BCUT2D eigenvalue weighted by Crippen LogP contribution is 2.28. The smallest absolute Gasteiger partial charge is 0.137 e. The van der Waals surface area contributed by atoms with Crippen LogP contribution in [-0.4, -0.2) is 48.5 Å². The van der Waals surface area contributed by atoms with E-state index < -0.39 is 6.10 Å². The Balaban J connectivity index is 2.91. The predicted octanol–water partition coefficient (Wildman–Crippen LogP) is 0.626. The number of nitrogens with two attached hydrogens (primary N) is 1. The van der Waals surface area contributed by atoms with Gasteiger partial charge in [-0.3, -0.25) is 0 Å². The van der Waals surface area contributed by atoms with Gasteiger partial charge in [0.2, 0.25) is 0 Å². The molecule has 1 atom stereocenters. The molecule has 0 bridgehead atoms. The van der Waals surface area contributed by atoms with Crippen LogP contribution in [0.15, 0.2) is 6.33 Å². The van der Waals surface area contributed by atoms with Gasteiger partial charge >= 0.3 is 0 Å². The quantitative estimate of drug-likeness (QED) is 0.774. The van der Waals surface area contributed by atoms with E-state index in [1.54, 1.807) is 7.11 Å². The van der Waals surface area contributed by atoms with E-state index in [9.17, 15) is 5.11 Å². The molecular formula is C12H22N4O2. The fourth-order valence-corrected chi connectivity index (χ4v) is 1.91. The molecular weight excluding hydrogens is 232 g/mol. The second kappa shape index (κ2) is 6.51. The number of rotatable bonds is 6. The Bertz CT molecular complexity index is 384. The van der Waals surface area contributed by atoms with E-state index in [0.29, 0.717) is 19.0 Å². The van der Waals surface area contributed by atoms with Gasteiger partial charge in [-0.15, -0.1) is 0 Å². The van der Waals surface area contributed by atoms with Gasteiger partial charge in [0.25, 0.3) is 0 Å². The van der Waals surface area contributed by atoms with Gasteiger partial charge in [-0.2, -0.15) is 0 Å². The Labute approximate surface area is 108 Å². The standard InChI is InChI=1S/C12H22N4O2/c1-8(2)10-11(13)14-7-15-12(10)16(3)5-9(17)6-18-4/h7-9,17H,5-6H2,1-4H3,(H2,13,14,15). The summed E-state index contributed by atoms with van der Waals surface area (Å²) < 4.78 is 4.91. The fourth-order valence-electron chi connectivity index (χ4n) is 1.91. The van der Waals surface area contributed by atoms with E-state index in [4.69, 9.17) is 10.5 Å². The molecule has 0 fully saturated rings. The second-order valence-electron chi connectivity index (χ2n) is 4.64. The third kappa shape index (κ3) is 3.54. The first-order chi connectivity index (χ1) is 8.47. The molecule has 6 heteroatoms. The lowest BCUT2D eigenvalue weighted by atomic mass is 10.0. The molecule has 102 valence electrons. The van der Waals surface area contributed by atoms with Crippen molar-refractivity contribution in [2.24, 2.45) is 0 Å². The molecule has 0 aromatic carbocycles. The van der Waals surface area contributed by atoms with Crippen LogP contribution in [0.1, 0.15) is 25.3 Å². The maximum absolute atomic E-state index is 9.74. The van der Waals surface area contributed by atoms with Crippen molar-refractivity contribution in [1.82, 2.24) is 9.97 Å². The number of anilines is 2. The minimum Gasteiger partial charge on any atom is -0.389 e. The third-order valence-corrected chi connectivity index (χ3v) is 2.68. The molecule has 3 N–H and O–H groups in total. The monoisotopic (exact) mass is 254 g/mol. The average Bonchev–Trinajstić information content (AvgIpc) is 2.28. The maximum atomic E-state index is 9.74. The van der Waals surface area contributed by atoms with E-state index in [0.717, 1.165) is 11.4 Å². The van der Waals surface area contributed by atoms with Crippen LogP contribution in [0, 0.1) is 0 Å². The van der Waals surface area contributed by atoms with Gasteiger partial charge in [0.15, 0.2) is 0 Å². The zero-order valence-electron chi connectivity index (χ0n) is 11.4. The van der Waals surface area contributed by atoms with Crippen LogP contribution >= 0.6 is 0 Å². The minimum atomic E-state index is -0.559. The van der Waals surface area contributed by atoms with Crippen LogP contribution in [0.3, 0.4) is 0 Å². The number of likely N-dealkylation sites (N-methyl/N-ethyl adjacent to an activating group) is 1. The molecule has 1 rings (SSSR count). The number of aliphatic hydroxyl groups excluding tert-OH is 1. The summed E-state index contributed by atoms with van der Waals surface area (Å²) in [6.07, 6.45) is 0.881. The normalized spacial score (nSPS) is 12.8. The van der Waals surface area contributed by atoms with Crippen molar-refractivity contribution >= 4 is 11.6 Å². The summed E-state index contributed by atoms with van der Waals surface area (Å²) in [5.41, 5.74) is 6.79. The van der Waals surface area contributed by atoms with E-state index in [1.165, 1.54) is 6.33 Å². The van der Waals surface area contributed by atoms with E-state index in [1.807, 2.05) is 25.8 Å². The third-order valence-electron chi connectivity index (χ3n) is 2.68. The molecule has 1 aromatic rings. The lowest BCUT2D eigenvalue weighted by Gasteiger charge is -2.25. The zero-order chi connectivity index (χ0) is 13.7. The van der Waals surface area contributed by atoms with E-state index >= 15 is 0 Å². The summed E-state index contributed by atoms with van der Waals surface area (Å²) in [6, 6.07) is 0. The average molecular weight is 254 g/mol. The topological polar surface area (TPSA) is 84.5 Å². The molecule has 0 amide bonds. The highest BCUT2D eigenvalue weighted by atomic mass is 16.5. The van der Waals surface area contributed by atoms with Gasteiger partial charge < -0.3 is 20.5 Å². The van der Waals surface area contributed by atoms with Crippen molar-refractivity contribution in [2.45, 2.75) is 25.9 Å². The molecule has 1 unspecified atom stereocenters. The number of ether oxygens (including phenoxy) is 1. The Hall–Kier alpha value is -1.40. The Morgan fingerprint density at radius 2 is 2.11 bits per heavy atom. The van der Waals surface area contributed by atoms with Gasteiger partial charge in [-0.25, -0.2) is 9.97 Å². The first kappa shape index (κ1) is 14.7. The predicted molar refractivity (Wildman–Crippen MR) is 71.7 cm³/mol. The summed E-state index contributed by atoms with van der Waals surface area (Å²) in [7, 11) is 3.43. The number of nitrogen functional groups attached to an aromatic ring is 1. The first-order valence-corrected chi connectivity index (χ1v) is 5.95. The first-order valence-electron chi connectivity index (χ1n) is 5.95. The lowest BCUT2D eigenvalue weighted by Crippen LogP contribution is -2.33. The molecule has 0 saturated carbocycles. The number of aliphatic hydroxyl groups is 1. The minimum absolute atomic E-state index is 0.225. The molecule has 18 heavy (non-hydrogen) atoms. The van der Waals surface area contributed by atoms with E-state index in [-0.39, 0.29) is 5.92 Å². The summed E-state index contributed by atoms with van der Waals surface area (Å²) in [5, 5.41) is 9.74. The van der Waals surface area contributed by atoms with Crippen molar-refractivity contribution in [1.29, 1.82) is 0 Å². The summed E-state index contributed by atoms with van der Waals surface area (Å²) in [6.45, 7) is 4.81. The van der Waals surface area contributed by atoms with Gasteiger partial charge in [0.05, 0.1) is 12.7 Å². The fraction of sp³-hybridized carbons (Fsp3) is 0.667. The zero-order valence-corrected chi connectivity index (χ0v) is 11.4. The molecule has 0 aliphatic heterocycles. The molecule has 1 aromatic heterocycles. The van der Waals surface area contributed by atoms with Crippen molar-refractivity contribution in [3.8, 4) is 0 Å².